The number of nitrogens with two attached hydrogens (primary N) is 1. The van der Waals surface area contributed by atoms with Crippen LogP contribution in [0.2, 0.25) is 0 Å². The van der Waals surface area contributed by atoms with Crippen LogP contribution in [0, 0.1) is 13.8 Å². The van der Waals surface area contributed by atoms with E-state index in [1.807, 2.05) is 19.1 Å². The molecule has 0 heterocycles. The lowest BCUT2D eigenvalue weighted by Crippen LogP contribution is -2.29. The number of benzene rings is 1. The summed E-state index contributed by atoms with van der Waals surface area (Å²) in [4.78, 5) is 10.6. The quantitative estimate of drug-likeness (QED) is 0.811. The molecular weight excluding hydrogens is 230 g/mol. The summed E-state index contributed by atoms with van der Waals surface area (Å²) in [7, 11) is 1.66. The highest BCUT2D eigenvalue weighted by Gasteiger charge is 2.11. The highest BCUT2D eigenvalue weighted by atomic mass is 16.5. The number of hydrogen-bond acceptors (Lipinski definition) is 3. The summed E-state index contributed by atoms with van der Waals surface area (Å²) in [6, 6.07) is 3.23. The first-order valence-corrected chi connectivity index (χ1v) is 6.08. The van der Waals surface area contributed by atoms with Gasteiger partial charge in [0.25, 0.3) is 0 Å². The van der Waals surface area contributed by atoms with E-state index in [9.17, 15) is 4.79 Å². The Bertz CT molecular complexity index is 429. The number of carboxylic acid groups (broad SMARTS) is 1. The molecule has 0 radical (unpaired) electrons. The maximum atomic E-state index is 10.6. The van der Waals surface area contributed by atoms with Crippen molar-refractivity contribution >= 4 is 5.97 Å². The van der Waals surface area contributed by atoms with E-state index >= 15 is 0 Å². The predicted octanol–water partition coefficient (Wildman–Crippen LogP) is 2.05. The average molecular weight is 251 g/mol. The molecule has 0 bridgehead atoms. The fraction of sp³-hybridized carbons (Fsp3) is 0.500. The number of rotatable bonds is 6. The van der Waals surface area contributed by atoms with Gasteiger partial charge >= 0.3 is 5.97 Å². The van der Waals surface area contributed by atoms with Crippen LogP contribution in [0.5, 0.6) is 5.75 Å². The lowest BCUT2D eigenvalue weighted by Gasteiger charge is -2.13. The lowest BCUT2D eigenvalue weighted by molar-refractivity contribution is -0.138. The molecule has 1 atom stereocenters. The molecule has 18 heavy (non-hydrogen) atoms. The van der Waals surface area contributed by atoms with Crippen molar-refractivity contribution in [3.63, 3.8) is 0 Å². The minimum atomic E-state index is -0.933. The van der Waals surface area contributed by atoms with Crippen molar-refractivity contribution in [3.8, 4) is 5.75 Å². The van der Waals surface area contributed by atoms with Crippen molar-refractivity contribution in [2.45, 2.75) is 39.2 Å². The number of aryl methyl sites for hydroxylation is 1. The van der Waals surface area contributed by atoms with Crippen LogP contribution in [0.4, 0.5) is 0 Å². The van der Waals surface area contributed by atoms with Gasteiger partial charge in [0.1, 0.15) is 11.8 Å². The summed E-state index contributed by atoms with van der Waals surface area (Å²) in [5.74, 6) is -0.0453. The topological polar surface area (TPSA) is 72.5 Å². The summed E-state index contributed by atoms with van der Waals surface area (Å²) >= 11 is 0. The molecule has 100 valence electrons. The molecule has 4 heteroatoms. The highest BCUT2D eigenvalue weighted by molar-refractivity contribution is 5.72. The van der Waals surface area contributed by atoms with Gasteiger partial charge in [0, 0.05) is 0 Å². The molecule has 0 aromatic heterocycles. The van der Waals surface area contributed by atoms with Gasteiger partial charge in [-0.15, -0.1) is 0 Å². The zero-order valence-electron chi connectivity index (χ0n) is 11.2. The van der Waals surface area contributed by atoms with E-state index in [1.54, 1.807) is 7.11 Å². The second-order valence-electron chi connectivity index (χ2n) is 4.51. The zero-order chi connectivity index (χ0) is 13.7. The first-order valence-electron chi connectivity index (χ1n) is 6.08. The van der Waals surface area contributed by atoms with Gasteiger partial charge in [0.05, 0.1) is 7.11 Å². The van der Waals surface area contributed by atoms with Crippen LogP contribution in [0.1, 0.15) is 29.5 Å². The number of carbonyl (C=O) groups is 1. The smallest absolute Gasteiger partial charge is 0.320 e. The predicted molar refractivity (Wildman–Crippen MR) is 71.0 cm³/mol. The van der Waals surface area contributed by atoms with Crippen LogP contribution in [0.25, 0.3) is 0 Å². The second kappa shape index (κ2) is 6.40. The third-order valence-electron chi connectivity index (χ3n) is 3.35. The number of methoxy groups -OCH3 is 1. The van der Waals surface area contributed by atoms with Gasteiger partial charge < -0.3 is 15.6 Å². The molecule has 0 amide bonds. The van der Waals surface area contributed by atoms with E-state index in [0.717, 1.165) is 24.2 Å². The van der Waals surface area contributed by atoms with Crippen molar-refractivity contribution in [3.05, 3.63) is 28.8 Å². The number of hydrogen-bond donors (Lipinski definition) is 2. The number of aliphatic carboxylic acids is 1. The van der Waals surface area contributed by atoms with Crippen LogP contribution in [-0.2, 0) is 11.2 Å². The van der Waals surface area contributed by atoms with E-state index in [0.29, 0.717) is 6.42 Å². The zero-order valence-corrected chi connectivity index (χ0v) is 11.2. The average Bonchev–Trinajstić information content (AvgIpc) is 2.34. The van der Waals surface area contributed by atoms with Crippen molar-refractivity contribution < 1.29 is 14.6 Å². The third kappa shape index (κ3) is 3.47. The maximum Gasteiger partial charge on any atom is 0.320 e. The Kier molecular flexibility index (Phi) is 5.16. The summed E-state index contributed by atoms with van der Waals surface area (Å²) in [5.41, 5.74) is 9.05. The van der Waals surface area contributed by atoms with Gasteiger partial charge in [-0.2, -0.15) is 0 Å². The minimum absolute atomic E-state index is 0.500. The molecule has 1 rings (SSSR count). The van der Waals surface area contributed by atoms with Crippen molar-refractivity contribution in [1.82, 2.24) is 0 Å². The minimum Gasteiger partial charge on any atom is -0.496 e. The van der Waals surface area contributed by atoms with Gasteiger partial charge in [-0.1, -0.05) is 6.07 Å². The Labute approximate surface area is 108 Å². The van der Waals surface area contributed by atoms with E-state index in [-0.39, 0.29) is 0 Å². The van der Waals surface area contributed by atoms with Crippen LogP contribution < -0.4 is 10.5 Å². The molecule has 0 aliphatic rings. The normalized spacial score (nSPS) is 12.2. The monoisotopic (exact) mass is 251 g/mol. The van der Waals surface area contributed by atoms with Gasteiger partial charge in [0.2, 0.25) is 0 Å². The molecule has 0 saturated carbocycles. The second-order valence-corrected chi connectivity index (χ2v) is 4.51. The first kappa shape index (κ1) is 14.5. The summed E-state index contributed by atoms with van der Waals surface area (Å²) in [6.45, 7) is 4.09. The van der Waals surface area contributed by atoms with Crippen LogP contribution in [-0.4, -0.2) is 24.2 Å². The van der Waals surface area contributed by atoms with Crippen molar-refractivity contribution in [1.29, 1.82) is 0 Å². The standard InChI is InChI=1S/C14H21NO3/c1-9-10(2)13(18-3)8-7-11(9)5-4-6-12(15)14(16)17/h7-8,12H,4-6,15H2,1-3H3,(H,16,17). The van der Waals surface area contributed by atoms with Gasteiger partial charge in [-0.05, 0) is 55.9 Å². The molecular formula is C14H21NO3. The van der Waals surface area contributed by atoms with E-state index in [1.165, 1.54) is 11.1 Å². The SMILES string of the molecule is COc1ccc(CCCC(N)C(=O)O)c(C)c1C. The fourth-order valence-electron chi connectivity index (χ4n) is 1.98. The highest BCUT2D eigenvalue weighted by Crippen LogP contribution is 2.24. The molecule has 4 nitrogen and oxygen atoms in total. The van der Waals surface area contributed by atoms with Gasteiger partial charge in [-0.3, -0.25) is 4.79 Å². The van der Waals surface area contributed by atoms with Crippen molar-refractivity contribution in [2.75, 3.05) is 7.11 Å². The van der Waals surface area contributed by atoms with Gasteiger partial charge in [0.15, 0.2) is 0 Å². The van der Waals surface area contributed by atoms with E-state index in [4.69, 9.17) is 15.6 Å². The molecule has 0 aliphatic carbocycles. The third-order valence-corrected chi connectivity index (χ3v) is 3.35. The molecule has 1 unspecified atom stereocenters. The first-order chi connectivity index (χ1) is 8.47. The molecule has 0 spiro atoms. The number of ether oxygens (including phenoxy) is 1. The summed E-state index contributed by atoms with van der Waals surface area (Å²) in [6.07, 6.45) is 2.12. The van der Waals surface area contributed by atoms with Crippen LogP contribution >= 0.6 is 0 Å². The largest absolute Gasteiger partial charge is 0.496 e. The van der Waals surface area contributed by atoms with E-state index in [2.05, 4.69) is 6.92 Å². The summed E-state index contributed by atoms with van der Waals surface area (Å²) < 4.78 is 5.26. The molecule has 3 N–H and O–H groups in total. The van der Waals surface area contributed by atoms with Crippen LogP contribution in [0.15, 0.2) is 12.1 Å². The fourth-order valence-corrected chi connectivity index (χ4v) is 1.98. The lowest BCUT2D eigenvalue weighted by atomic mass is 9.97. The molecule has 0 aliphatic heterocycles. The maximum absolute atomic E-state index is 10.6. The Morgan fingerprint density at radius 1 is 1.39 bits per heavy atom. The molecule has 1 aromatic carbocycles. The Hall–Kier alpha value is -1.55. The number of carboxylic acids is 1. The Morgan fingerprint density at radius 3 is 2.61 bits per heavy atom. The van der Waals surface area contributed by atoms with E-state index < -0.39 is 12.0 Å². The van der Waals surface area contributed by atoms with Crippen LogP contribution in [0.3, 0.4) is 0 Å². The van der Waals surface area contributed by atoms with Gasteiger partial charge in [-0.25, -0.2) is 0 Å². The molecule has 1 aromatic rings. The molecule has 0 saturated heterocycles. The van der Waals surface area contributed by atoms with Crippen molar-refractivity contribution in [2.24, 2.45) is 5.73 Å². The summed E-state index contributed by atoms with van der Waals surface area (Å²) in [5, 5.41) is 8.70. The Morgan fingerprint density at radius 2 is 2.06 bits per heavy atom. The molecule has 0 fully saturated rings. The Balaban J connectivity index is 2.63.